The van der Waals surface area contributed by atoms with Crippen LogP contribution in [-0.2, 0) is 4.79 Å². The van der Waals surface area contributed by atoms with E-state index in [0.29, 0.717) is 24.0 Å². The maximum atomic E-state index is 11.7. The Morgan fingerprint density at radius 1 is 1.06 bits per heavy atom. The highest BCUT2D eigenvalue weighted by atomic mass is 16.2. The average molecular weight is 251 g/mol. The molecule has 102 valence electrons. The van der Waals surface area contributed by atoms with Gasteiger partial charge in [-0.05, 0) is 19.3 Å². The molecule has 3 unspecified atom stereocenters. The van der Waals surface area contributed by atoms with E-state index in [1.807, 2.05) is 0 Å². The number of piperazine rings is 1. The minimum Gasteiger partial charge on any atom is -0.337 e. The van der Waals surface area contributed by atoms with Gasteiger partial charge in [0, 0.05) is 44.2 Å². The van der Waals surface area contributed by atoms with Crippen LogP contribution in [0.5, 0.6) is 0 Å². The van der Waals surface area contributed by atoms with Crippen molar-refractivity contribution in [2.24, 2.45) is 5.73 Å². The van der Waals surface area contributed by atoms with E-state index in [-0.39, 0.29) is 0 Å². The van der Waals surface area contributed by atoms with Crippen molar-refractivity contribution >= 4 is 5.91 Å². The molecule has 0 bridgehead atoms. The third kappa shape index (κ3) is 2.28. The van der Waals surface area contributed by atoms with Gasteiger partial charge in [-0.1, -0.05) is 19.3 Å². The molecule has 1 amide bonds. The van der Waals surface area contributed by atoms with Crippen molar-refractivity contribution in [3.8, 4) is 0 Å². The molecule has 0 aromatic heterocycles. The summed E-state index contributed by atoms with van der Waals surface area (Å²) < 4.78 is 0. The molecule has 1 saturated carbocycles. The van der Waals surface area contributed by atoms with Crippen molar-refractivity contribution in [3.63, 3.8) is 0 Å². The largest absolute Gasteiger partial charge is 0.337 e. The Labute approximate surface area is 109 Å². The smallest absolute Gasteiger partial charge is 0.222 e. The van der Waals surface area contributed by atoms with Gasteiger partial charge in [-0.25, -0.2) is 0 Å². The van der Waals surface area contributed by atoms with E-state index in [1.165, 1.54) is 32.1 Å². The summed E-state index contributed by atoms with van der Waals surface area (Å²) in [5.41, 5.74) is 6.35. The van der Waals surface area contributed by atoms with Crippen LogP contribution in [-0.4, -0.2) is 53.5 Å². The van der Waals surface area contributed by atoms with E-state index in [0.717, 1.165) is 32.5 Å². The predicted octanol–water partition coefficient (Wildman–Crippen LogP) is 0.953. The molecule has 0 spiro atoms. The van der Waals surface area contributed by atoms with Crippen LogP contribution >= 0.6 is 0 Å². The third-order valence-electron chi connectivity index (χ3n) is 5.03. The fourth-order valence-electron chi connectivity index (χ4n) is 3.96. The Morgan fingerprint density at radius 3 is 2.78 bits per heavy atom. The summed E-state index contributed by atoms with van der Waals surface area (Å²) in [5, 5.41) is 0. The first-order valence-corrected chi connectivity index (χ1v) is 7.55. The number of rotatable bonds is 1. The van der Waals surface area contributed by atoms with Crippen LogP contribution in [0, 0.1) is 0 Å². The van der Waals surface area contributed by atoms with Crippen LogP contribution in [0.2, 0.25) is 0 Å². The molecule has 4 heteroatoms. The van der Waals surface area contributed by atoms with E-state index in [2.05, 4.69) is 9.80 Å². The van der Waals surface area contributed by atoms with Crippen molar-refractivity contribution in [1.29, 1.82) is 0 Å². The summed E-state index contributed by atoms with van der Waals surface area (Å²) in [6, 6.07) is 1.38. The highest BCUT2D eigenvalue weighted by Crippen LogP contribution is 2.27. The topological polar surface area (TPSA) is 49.6 Å². The molecule has 2 N–H and O–H groups in total. The second-order valence-corrected chi connectivity index (χ2v) is 6.14. The number of amides is 1. The summed E-state index contributed by atoms with van der Waals surface area (Å²) in [4.78, 5) is 16.4. The summed E-state index contributed by atoms with van der Waals surface area (Å²) in [7, 11) is 0. The zero-order chi connectivity index (χ0) is 12.5. The molecule has 0 aromatic carbocycles. The molecule has 3 atom stereocenters. The van der Waals surface area contributed by atoms with E-state index in [9.17, 15) is 4.79 Å². The molecule has 0 radical (unpaired) electrons. The Kier molecular flexibility index (Phi) is 3.57. The van der Waals surface area contributed by atoms with Crippen LogP contribution in [0.3, 0.4) is 0 Å². The zero-order valence-corrected chi connectivity index (χ0v) is 11.2. The number of carbonyl (C=O) groups excluding carboxylic acids is 1. The molecule has 3 rings (SSSR count). The van der Waals surface area contributed by atoms with Crippen LogP contribution in [0.15, 0.2) is 0 Å². The summed E-state index contributed by atoms with van der Waals surface area (Å²) >= 11 is 0. The first kappa shape index (κ1) is 12.4. The van der Waals surface area contributed by atoms with E-state index in [1.54, 1.807) is 0 Å². The molecule has 0 aromatic rings. The predicted molar refractivity (Wildman–Crippen MR) is 71.2 cm³/mol. The first-order valence-electron chi connectivity index (χ1n) is 7.55. The number of hydrogen-bond donors (Lipinski definition) is 1. The Balaban J connectivity index is 1.64. The molecule has 1 aliphatic carbocycles. The van der Waals surface area contributed by atoms with Gasteiger partial charge >= 0.3 is 0 Å². The molecule has 2 saturated heterocycles. The van der Waals surface area contributed by atoms with E-state index >= 15 is 0 Å². The maximum absolute atomic E-state index is 11.7. The monoisotopic (exact) mass is 251 g/mol. The van der Waals surface area contributed by atoms with Gasteiger partial charge in [0.05, 0.1) is 0 Å². The normalized spacial score (nSPS) is 38.6. The van der Waals surface area contributed by atoms with Gasteiger partial charge in [0.1, 0.15) is 0 Å². The Bertz CT molecular complexity index is 320. The van der Waals surface area contributed by atoms with Crippen molar-refractivity contribution in [2.45, 2.75) is 63.1 Å². The highest BCUT2D eigenvalue weighted by Gasteiger charge is 2.38. The zero-order valence-electron chi connectivity index (χ0n) is 11.2. The van der Waals surface area contributed by atoms with Crippen LogP contribution in [0.4, 0.5) is 0 Å². The third-order valence-corrected chi connectivity index (χ3v) is 5.03. The minimum atomic E-state index is 0.344. The molecule has 18 heavy (non-hydrogen) atoms. The van der Waals surface area contributed by atoms with E-state index < -0.39 is 0 Å². The minimum absolute atomic E-state index is 0.344. The lowest BCUT2D eigenvalue weighted by atomic mass is 10.00. The van der Waals surface area contributed by atoms with Gasteiger partial charge in [0.2, 0.25) is 5.91 Å². The van der Waals surface area contributed by atoms with E-state index in [4.69, 9.17) is 5.73 Å². The van der Waals surface area contributed by atoms with Gasteiger partial charge in [0.15, 0.2) is 0 Å². The summed E-state index contributed by atoms with van der Waals surface area (Å²) in [6.45, 7) is 3.01. The Morgan fingerprint density at radius 2 is 1.89 bits per heavy atom. The number of nitrogens with two attached hydrogens (primary N) is 1. The second kappa shape index (κ2) is 5.17. The fourth-order valence-corrected chi connectivity index (χ4v) is 3.96. The van der Waals surface area contributed by atoms with Crippen LogP contribution < -0.4 is 5.73 Å². The quantitative estimate of drug-likeness (QED) is 0.706. The van der Waals surface area contributed by atoms with Crippen molar-refractivity contribution in [2.75, 3.05) is 19.6 Å². The lowest BCUT2D eigenvalue weighted by Crippen LogP contribution is -2.58. The number of fused-ring (bicyclic) bond motifs is 1. The van der Waals surface area contributed by atoms with Gasteiger partial charge in [-0.2, -0.15) is 0 Å². The number of carbonyl (C=O) groups is 1. The average Bonchev–Trinajstić information content (AvgIpc) is 2.61. The lowest BCUT2D eigenvalue weighted by molar-refractivity contribution is -0.131. The first-order chi connectivity index (χ1) is 8.75. The van der Waals surface area contributed by atoms with Gasteiger partial charge < -0.3 is 10.6 Å². The van der Waals surface area contributed by atoms with Gasteiger partial charge in [-0.15, -0.1) is 0 Å². The molecule has 4 nitrogen and oxygen atoms in total. The lowest BCUT2D eigenvalue weighted by Gasteiger charge is -2.43. The van der Waals surface area contributed by atoms with Crippen molar-refractivity contribution in [1.82, 2.24) is 9.80 Å². The molecule has 2 heterocycles. The highest BCUT2D eigenvalue weighted by molar-refractivity contribution is 5.78. The molecule has 3 aliphatic rings. The maximum Gasteiger partial charge on any atom is 0.222 e. The summed E-state index contributed by atoms with van der Waals surface area (Å²) in [5.74, 6) is 0.366. The number of hydrogen-bond acceptors (Lipinski definition) is 3. The summed E-state index contributed by atoms with van der Waals surface area (Å²) in [6.07, 6.45) is 8.19. The van der Waals surface area contributed by atoms with Crippen LogP contribution in [0.1, 0.15) is 44.9 Å². The fraction of sp³-hybridized carbons (Fsp3) is 0.929. The van der Waals surface area contributed by atoms with Crippen molar-refractivity contribution < 1.29 is 4.79 Å². The molecule has 2 aliphatic heterocycles. The van der Waals surface area contributed by atoms with Crippen LogP contribution in [0.25, 0.3) is 0 Å². The van der Waals surface area contributed by atoms with Gasteiger partial charge in [-0.3, -0.25) is 9.69 Å². The van der Waals surface area contributed by atoms with Crippen molar-refractivity contribution in [3.05, 3.63) is 0 Å². The SMILES string of the molecule is NC1CCCCCC1N1CCN2C(=O)CCC2C1. The Hall–Kier alpha value is -0.610. The molecular weight excluding hydrogens is 226 g/mol. The second-order valence-electron chi connectivity index (χ2n) is 6.14. The number of nitrogens with zero attached hydrogens (tertiary/aromatic N) is 2. The molecular formula is C14H25N3O. The van der Waals surface area contributed by atoms with Gasteiger partial charge in [0.25, 0.3) is 0 Å². The molecule has 3 fully saturated rings. The standard InChI is InChI=1S/C14H25N3O/c15-12-4-2-1-3-5-13(12)16-8-9-17-11(10-16)6-7-14(17)18/h11-13H,1-10,15H2.